The second-order valence-electron chi connectivity index (χ2n) is 5.51. The molecule has 3 rings (SSSR count). The lowest BCUT2D eigenvalue weighted by Gasteiger charge is -2.07. The van der Waals surface area contributed by atoms with Gasteiger partial charge in [0.05, 0.1) is 17.7 Å². The van der Waals surface area contributed by atoms with Gasteiger partial charge < -0.3 is 14.8 Å². The van der Waals surface area contributed by atoms with Crippen LogP contribution in [0.3, 0.4) is 0 Å². The Bertz CT molecular complexity index is 1010. The van der Waals surface area contributed by atoms with Crippen molar-refractivity contribution in [1.29, 1.82) is 0 Å². The fourth-order valence-electron chi connectivity index (χ4n) is 2.22. The average molecular weight is 421 g/mol. The van der Waals surface area contributed by atoms with Gasteiger partial charge in [0.15, 0.2) is 0 Å². The number of methoxy groups -OCH3 is 1. The summed E-state index contributed by atoms with van der Waals surface area (Å²) in [6.07, 6.45) is 0. The molecular formula is C19H14ClFN2O4S. The number of nitrogens with zero attached hydrogens (tertiary/aromatic N) is 1. The Kier molecular flexibility index (Phi) is 6.23. The average Bonchev–Trinajstić information content (AvgIpc) is 3.17. The van der Waals surface area contributed by atoms with Gasteiger partial charge in [-0.2, -0.15) is 0 Å². The van der Waals surface area contributed by atoms with Gasteiger partial charge in [0.25, 0.3) is 5.91 Å². The summed E-state index contributed by atoms with van der Waals surface area (Å²) in [5, 5.41) is 5.05. The van der Waals surface area contributed by atoms with Crippen LogP contribution in [0.25, 0.3) is 0 Å². The van der Waals surface area contributed by atoms with E-state index in [9.17, 15) is 14.0 Å². The van der Waals surface area contributed by atoms with Gasteiger partial charge in [-0.1, -0.05) is 11.6 Å². The predicted octanol–water partition coefficient (Wildman–Crippen LogP) is 4.55. The highest BCUT2D eigenvalue weighted by molar-refractivity contribution is 7.09. The number of esters is 1. The van der Waals surface area contributed by atoms with Crippen LogP contribution in [0.2, 0.25) is 5.02 Å². The Morgan fingerprint density at radius 2 is 1.96 bits per heavy atom. The minimum atomic E-state index is -0.602. The van der Waals surface area contributed by atoms with Crippen molar-refractivity contribution < 1.29 is 23.5 Å². The molecule has 1 amide bonds. The number of hydrogen-bond donors (Lipinski definition) is 1. The van der Waals surface area contributed by atoms with Crippen molar-refractivity contribution in [3.8, 4) is 5.75 Å². The SMILES string of the molecule is COC(=O)c1cc(NC(=O)c2csc(COc3ccc(F)cc3)n2)ccc1Cl. The van der Waals surface area contributed by atoms with Crippen molar-refractivity contribution in [2.75, 3.05) is 12.4 Å². The van der Waals surface area contributed by atoms with Gasteiger partial charge in [0, 0.05) is 11.1 Å². The van der Waals surface area contributed by atoms with Crippen molar-refractivity contribution in [2.24, 2.45) is 0 Å². The quantitative estimate of drug-likeness (QED) is 0.592. The highest BCUT2D eigenvalue weighted by atomic mass is 35.5. The van der Waals surface area contributed by atoms with E-state index >= 15 is 0 Å². The minimum absolute atomic E-state index is 0.147. The van der Waals surface area contributed by atoms with Crippen molar-refractivity contribution in [3.63, 3.8) is 0 Å². The molecule has 0 bridgehead atoms. The van der Waals surface area contributed by atoms with Crippen LogP contribution < -0.4 is 10.1 Å². The van der Waals surface area contributed by atoms with Gasteiger partial charge >= 0.3 is 5.97 Å². The van der Waals surface area contributed by atoms with Gasteiger partial charge in [-0.15, -0.1) is 11.3 Å². The summed E-state index contributed by atoms with van der Waals surface area (Å²) in [6.45, 7) is 0.150. The van der Waals surface area contributed by atoms with Crippen LogP contribution in [0, 0.1) is 5.82 Å². The molecule has 144 valence electrons. The van der Waals surface area contributed by atoms with Gasteiger partial charge in [-0.05, 0) is 42.5 Å². The molecule has 0 saturated carbocycles. The lowest BCUT2D eigenvalue weighted by molar-refractivity contribution is 0.0600. The number of amides is 1. The number of rotatable bonds is 6. The van der Waals surface area contributed by atoms with E-state index in [4.69, 9.17) is 16.3 Å². The summed E-state index contributed by atoms with van der Waals surface area (Å²) in [4.78, 5) is 28.3. The molecule has 9 heteroatoms. The number of aromatic nitrogens is 1. The van der Waals surface area contributed by atoms with E-state index < -0.39 is 11.9 Å². The lowest BCUT2D eigenvalue weighted by Crippen LogP contribution is -2.13. The molecule has 2 aromatic carbocycles. The van der Waals surface area contributed by atoms with Crippen molar-refractivity contribution in [3.05, 3.63) is 74.9 Å². The number of nitrogens with one attached hydrogen (secondary N) is 1. The Labute approximate surface area is 168 Å². The van der Waals surface area contributed by atoms with Crippen LogP contribution in [0.5, 0.6) is 5.75 Å². The van der Waals surface area contributed by atoms with E-state index in [1.165, 1.54) is 54.8 Å². The number of benzene rings is 2. The standard InChI is InChI=1S/C19H14ClFN2O4S/c1-26-19(25)14-8-12(4-7-15(14)20)22-18(24)16-10-28-17(23-16)9-27-13-5-2-11(21)3-6-13/h2-8,10H,9H2,1H3,(H,22,24). The third-order valence-electron chi connectivity index (χ3n) is 3.59. The third-order valence-corrected chi connectivity index (χ3v) is 4.74. The molecule has 0 aliphatic rings. The first-order valence-electron chi connectivity index (χ1n) is 7.98. The molecule has 1 heterocycles. The zero-order chi connectivity index (χ0) is 20.1. The summed E-state index contributed by atoms with van der Waals surface area (Å²) >= 11 is 7.22. The maximum absolute atomic E-state index is 12.9. The van der Waals surface area contributed by atoms with Gasteiger partial charge in [-0.3, -0.25) is 4.79 Å². The van der Waals surface area contributed by atoms with Gasteiger partial charge in [-0.25, -0.2) is 14.2 Å². The van der Waals surface area contributed by atoms with E-state index in [-0.39, 0.29) is 28.7 Å². The van der Waals surface area contributed by atoms with E-state index in [1.54, 1.807) is 11.4 Å². The second-order valence-corrected chi connectivity index (χ2v) is 6.86. The molecule has 0 aliphatic heterocycles. The maximum Gasteiger partial charge on any atom is 0.339 e. The highest BCUT2D eigenvalue weighted by Gasteiger charge is 2.15. The van der Waals surface area contributed by atoms with Crippen LogP contribution in [0.1, 0.15) is 25.9 Å². The first kappa shape index (κ1) is 19.8. The van der Waals surface area contributed by atoms with E-state index in [1.807, 2.05) is 0 Å². The van der Waals surface area contributed by atoms with E-state index in [2.05, 4.69) is 15.0 Å². The number of carbonyl (C=O) groups excluding carboxylic acids is 2. The van der Waals surface area contributed by atoms with Crippen LogP contribution in [0.15, 0.2) is 47.8 Å². The zero-order valence-corrected chi connectivity index (χ0v) is 16.1. The van der Waals surface area contributed by atoms with E-state index in [0.717, 1.165) is 0 Å². The minimum Gasteiger partial charge on any atom is -0.486 e. The number of ether oxygens (including phenoxy) is 2. The molecule has 0 atom stereocenters. The topological polar surface area (TPSA) is 77.5 Å². The molecule has 0 unspecified atom stereocenters. The Morgan fingerprint density at radius 3 is 2.68 bits per heavy atom. The molecule has 28 heavy (non-hydrogen) atoms. The first-order valence-corrected chi connectivity index (χ1v) is 9.24. The summed E-state index contributed by atoms with van der Waals surface area (Å²) in [5.41, 5.74) is 0.734. The molecule has 0 spiro atoms. The largest absolute Gasteiger partial charge is 0.486 e. The number of thiazole rings is 1. The van der Waals surface area contributed by atoms with Gasteiger partial charge in [0.2, 0.25) is 0 Å². The normalized spacial score (nSPS) is 10.4. The predicted molar refractivity (Wildman–Crippen MR) is 104 cm³/mol. The lowest BCUT2D eigenvalue weighted by atomic mass is 10.2. The molecular weight excluding hydrogens is 407 g/mol. The Hall–Kier alpha value is -2.97. The molecule has 6 nitrogen and oxygen atoms in total. The highest BCUT2D eigenvalue weighted by Crippen LogP contribution is 2.22. The molecule has 1 N–H and O–H groups in total. The Morgan fingerprint density at radius 1 is 1.21 bits per heavy atom. The second kappa shape index (κ2) is 8.81. The van der Waals surface area contributed by atoms with Crippen molar-refractivity contribution in [1.82, 2.24) is 4.98 Å². The molecule has 0 fully saturated rings. The summed E-state index contributed by atoms with van der Waals surface area (Å²) in [6, 6.07) is 10.1. The Balaban J connectivity index is 1.64. The number of anilines is 1. The monoisotopic (exact) mass is 420 g/mol. The molecule has 1 aromatic heterocycles. The summed E-state index contributed by atoms with van der Waals surface area (Å²) in [7, 11) is 1.24. The summed E-state index contributed by atoms with van der Waals surface area (Å²) < 4.78 is 23.1. The molecule has 3 aromatic rings. The number of carbonyl (C=O) groups is 2. The summed E-state index contributed by atoms with van der Waals surface area (Å²) in [5.74, 6) is -0.894. The van der Waals surface area contributed by atoms with Crippen LogP contribution in [-0.4, -0.2) is 24.0 Å². The van der Waals surface area contributed by atoms with Crippen LogP contribution >= 0.6 is 22.9 Å². The maximum atomic E-state index is 12.9. The van der Waals surface area contributed by atoms with E-state index in [0.29, 0.717) is 16.4 Å². The number of halogens is 2. The fraction of sp³-hybridized carbons (Fsp3) is 0.105. The molecule has 0 radical (unpaired) electrons. The van der Waals surface area contributed by atoms with Gasteiger partial charge in [0.1, 0.15) is 28.9 Å². The third kappa shape index (κ3) is 4.85. The fourth-order valence-corrected chi connectivity index (χ4v) is 3.10. The first-order chi connectivity index (χ1) is 13.5. The zero-order valence-electron chi connectivity index (χ0n) is 14.6. The van der Waals surface area contributed by atoms with Crippen molar-refractivity contribution in [2.45, 2.75) is 6.61 Å². The molecule has 0 saturated heterocycles. The smallest absolute Gasteiger partial charge is 0.339 e. The molecule has 0 aliphatic carbocycles. The van der Waals surface area contributed by atoms with Crippen LogP contribution in [-0.2, 0) is 11.3 Å². The van der Waals surface area contributed by atoms with Crippen molar-refractivity contribution >= 4 is 40.5 Å². The van der Waals surface area contributed by atoms with Crippen LogP contribution in [0.4, 0.5) is 10.1 Å². The number of hydrogen-bond acceptors (Lipinski definition) is 6.